The maximum Gasteiger partial charge on any atom is 0.176 e. The molecule has 2 nitrogen and oxygen atoms in total. The van der Waals surface area contributed by atoms with Gasteiger partial charge in [-0.25, -0.2) is 4.39 Å². The van der Waals surface area contributed by atoms with Crippen LogP contribution in [0.5, 0.6) is 0 Å². The van der Waals surface area contributed by atoms with Gasteiger partial charge in [0.15, 0.2) is 5.78 Å². The van der Waals surface area contributed by atoms with E-state index in [-0.39, 0.29) is 17.0 Å². The number of rotatable bonds is 0. The number of fused-ring (bicyclic) bond motifs is 2. The molecule has 0 unspecified atom stereocenters. The minimum Gasteiger partial charge on any atom is -0.309 e. The zero-order valence-corrected chi connectivity index (χ0v) is 8.35. The number of nitrogens with one attached hydrogen (secondary N) is 1. The molecule has 1 fully saturated rings. The van der Waals surface area contributed by atoms with Crippen molar-refractivity contribution in [2.45, 2.75) is 18.3 Å². The fraction of sp³-hybridized carbons (Fsp3) is 0.417. The van der Waals surface area contributed by atoms with Gasteiger partial charge in [-0.1, -0.05) is 12.1 Å². The fourth-order valence-electron chi connectivity index (χ4n) is 2.47. The number of benzene rings is 1. The number of carbonyl (C=O) groups excluding carboxylic acids is 1. The molecule has 0 aromatic heterocycles. The molecule has 0 amide bonds. The average molecular weight is 205 g/mol. The highest BCUT2D eigenvalue weighted by Crippen LogP contribution is 2.50. The van der Waals surface area contributed by atoms with Crippen molar-refractivity contribution in [1.29, 1.82) is 0 Å². The first kappa shape index (κ1) is 9.04. The number of halogens is 1. The normalized spacial score (nSPS) is 22.3. The second kappa shape index (κ2) is 2.89. The van der Waals surface area contributed by atoms with Gasteiger partial charge in [0.2, 0.25) is 0 Å². The van der Waals surface area contributed by atoms with Crippen LogP contribution in [0.3, 0.4) is 0 Å². The summed E-state index contributed by atoms with van der Waals surface area (Å²) in [5, 5.41) is 3.11. The van der Waals surface area contributed by atoms with Gasteiger partial charge in [0.25, 0.3) is 0 Å². The molecule has 15 heavy (non-hydrogen) atoms. The van der Waals surface area contributed by atoms with Crippen molar-refractivity contribution in [2.24, 2.45) is 0 Å². The Labute approximate surface area is 87.5 Å². The molecule has 1 N–H and O–H groups in total. The maximum atomic E-state index is 13.8. The van der Waals surface area contributed by atoms with Crippen LogP contribution in [-0.2, 0) is 5.41 Å². The van der Waals surface area contributed by atoms with Gasteiger partial charge in [-0.2, -0.15) is 0 Å². The summed E-state index contributed by atoms with van der Waals surface area (Å²) >= 11 is 0. The molecule has 0 radical (unpaired) electrons. The van der Waals surface area contributed by atoms with Crippen molar-refractivity contribution < 1.29 is 9.18 Å². The quantitative estimate of drug-likeness (QED) is 0.697. The lowest BCUT2D eigenvalue weighted by Gasteiger charge is -2.15. The van der Waals surface area contributed by atoms with E-state index in [2.05, 4.69) is 5.32 Å². The number of ketones is 1. The molecule has 0 saturated heterocycles. The Morgan fingerprint density at radius 2 is 2.13 bits per heavy atom. The molecule has 78 valence electrons. The highest BCUT2D eigenvalue weighted by atomic mass is 19.1. The van der Waals surface area contributed by atoms with Crippen LogP contribution in [0, 0.1) is 5.82 Å². The molecule has 1 aliphatic carbocycles. The standard InChI is InChI=1S/C12H12FNO/c13-9-3-1-2-8-10(15)6-14-7-12(4-5-12)11(8)9/h1-3,14H,4-7H2. The summed E-state index contributed by atoms with van der Waals surface area (Å²) in [5.41, 5.74) is 1.14. The fourth-order valence-corrected chi connectivity index (χ4v) is 2.47. The van der Waals surface area contributed by atoms with E-state index in [0.717, 1.165) is 19.4 Å². The minimum absolute atomic E-state index is 0.00766. The van der Waals surface area contributed by atoms with E-state index < -0.39 is 0 Å². The highest BCUT2D eigenvalue weighted by Gasteiger charge is 2.48. The molecule has 2 aliphatic rings. The molecule has 1 saturated carbocycles. The van der Waals surface area contributed by atoms with Crippen LogP contribution in [0.1, 0.15) is 28.8 Å². The first-order valence-electron chi connectivity index (χ1n) is 5.26. The molecule has 3 rings (SSSR count). The summed E-state index contributed by atoms with van der Waals surface area (Å²) in [6.45, 7) is 1.06. The summed E-state index contributed by atoms with van der Waals surface area (Å²) in [6, 6.07) is 4.82. The Morgan fingerprint density at radius 1 is 1.33 bits per heavy atom. The Kier molecular flexibility index (Phi) is 1.74. The molecular formula is C12H12FNO. The van der Waals surface area contributed by atoms with E-state index in [4.69, 9.17) is 0 Å². The van der Waals surface area contributed by atoms with E-state index in [1.165, 1.54) is 6.07 Å². The van der Waals surface area contributed by atoms with Crippen LogP contribution in [0.15, 0.2) is 18.2 Å². The van der Waals surface area contributed by atoms with Gasteiger partial charge in [-0.05, 0) is 18.9 Å². The van der Waals surface area contributed by atoms with E-state index in [0.29, 0.717) is 17.7 Å². The smallest absolute Gasteiger partial charge is 0.176 e. The highest BCUT2D eigenvalue weighted by molar-refractivity contribution is 6.00. The van der Waals surface area contributed by atoms with E-state index >= 15 is 0 Å². The van der Waals surface area contributed by atoms with Crippen molar-refractivity contribution in [3.05, 3.63) is 35.1 Å². The van der Waals surface area contributed by atoms with Gasteiger partial charge < -0.3 is 5.32 Å². The van der Waals surface area contributed by atoms with Crippen molar-refractivity contribution in [3.8, 4) is 0 Å². The molecule has 3 heteroatoms. The summed E-state index contributed by atoms with van der Waals surface area (Å²) < 4.78 is 13.8. The largest absolute Gasteiger partial charge is 0.309 e. The number of carbonyl (C=O) groups is 1. The summed E-state index contributed by atoms with van der Waals surface area (Å²) in [5.74, 6) is -0.213. The van der Waals surface area contributed by atoms with Crippen LogP contribution in [0.4, 0.5) is 4.39 Å². The van der Waals surface area contributed by atoms with Gasteiger partial charge >= 0.3 is 0 Å². The molecule has 0 bridgehead atoms. The molecule has 1 aromatic carbocycles. The number of hydrogen-bond acceptors (Lipinski definition) is 2. The molecule has 1 aliphatic heterocycles. The second-order valence-electron chi connectivity index (χ2n) is 4.47. The van der Waals surface area contributed by atoms with Crippen molar-refractivity contribution in [1.82, 2.24) is 5.32 Å². The second-order valence-corrected chi connectivity index (χ2v) is 4.47. The van der Waals surface area contributed by atoms with Gasteiger partial charge in [0, 0.05) is 23.1 Å². The first-order chi connectivity index (χ1) is 7.23. The van der Waals surface area contributed by atoms with E-state index in [1.807, 2.05) is 0 Å². The Balaban J connectivity index is 2.24. The van der Waals surface area contributed by atoms with Crippen LogP contribution >= 0.6 is 0 Å². The Morgan fingerprint density at radius 3 is 2.87 bits per heavy atom. The zero-order valence-electron chi connectivity index (χ0n) is 8.35. The van der Waals surface area contributed by atoms with Gasteiger partial charge in [-0.3, -0.25) is 4.79 Å². The molecule has 1 spiro atoms. The third kappa shape index (κ3) is 1.23. The van der Waals surface area contributed by atoms with Gasteiger partial charge in [0.05, 0.1) is 6.54 Å². The van der Waals surface area contributed by atoms with Crippen molar-refractivity contribution >= 4 is 5.78 Å². The first-order valence-corrected chi connectivity index (χ1v) is 5.26. The van der Waals surface area contributed by atoms with Gasteiger partial charge in [0.1, 0.15) is 5.82 Å². The lowest BCUT2D eigenvalue weighted by Crippen LogP contribution is -2.26. The topological polar surface area (TPSA) is 29.1 Å². The maximum absolute atomic E-state index is 13.8. The molecular weight excluding hydrogens is 193 g/mol. The summed E-state index contributed by atoms with van der Waals surface area (Å²) in [6.07, 6.45) is 1.97. The Hall–Kier alpha value is -1.22. The third-order valence-electron chi connectivity index (χ3n) is 3.45. The summed E-state index contributed by atoms with van der Waals surface area (Å²) in [4.78, 5) is 11.7. The van der Waals surface area contributed by atoms with Crippen LogP contribution in [-0.4, -0.2) is 18.9 Å². The predicted octanol–water partition coefficient (Wildman–Crippen LogP) is 1.64. The number of hydrogen-bond donors (Lipinski definition) is 1. The predicted molar refractivity (Wildman–Crippen MR) is 54.5 cm³/mol. The van der Waals surface area contributed by atoms with Crippen LogP contribution in [0.25, 0.3) is 0 Å². The zero-order chi connectivity index (χ0) is 10.5. The van der Waals surface area contributed by atoms with Crippen LogP contribution < -0.4 is 5.32 Å². The van der Waals surface area contributed by atoms with Gasteiger partial charge in [-0.15, -0.1) is 0 Å². The number of Topliss-reactive ketones (excluding diaryl/α,β-unsaturated/α-hetero) is 1. The third-order valence-corrected chi connectivity index (χ3v) is 3.45. The lowest BCUT2D eigenvalue weighted by molar-refractivity contribution is 0.0993. The molecule has 0 atom stereocenters. The monoisotopic (exact) mass is 205 g/mol. The van der Waals surface area contributed by atoms with E-state index in [9.17, 15) is 9.18 Å². The minimum atomic E-state index is -0.220. The van der Waals surface area contributed by atoms with E-state index in [1.54, 1.807) is 12.1 Å². The SMILES string of the molecule is O=C1CNCC2(CC2)c2c(F)cccc21. The van der Waals surface area contributed by atoms with Crippen LogP contribution in [0.2, 0.25) is 0 Å². The average Bonchev–Trinajstić information content (AvgIpc) is 2.99. The van der Waals surface area contributed by atoms with Crippen molar-refractivity contribution in [2.75, 3.05) is 13.1 Å². The van der Waals surface area contributed by atoms with Crippen molar-refractivity contribution in [3.63, 3.8) is 0 Å². The molecule has 1 aromatic rings. The lowest BCUT2D eigenvalue weighted by atomic mass is 9.90. The summed E-state index contributed by atoms with van der Waals surface area (Å²) in [7, 11) is 0. The molecule has 1 heterocycles. The Bertz CT molecular complexity index is 437.